The van der Waals surface area contributed by atoms with Gasteiger partial charge in [-0.25, -0.2) is 4.39 Å². The number of carbonyl (C=O) groups excluding carboxylic acids is 1. The van der Waals surface area contributed by atoms with Crippen LogP contribution in [0.5, 0.6) is 0 Å². The fourth-order valence-corrected chi connectivity index (χ4v) is 3.25. The van der Waals surface area contributed by atoms with Gasteiger partial charge in [-0.2, -0.15) is 0 Å². The first-order valence-electron chi connectivity index (χ1n) is 9.22. The molecule has 3 aromatic rings. The van der Waals surface area contributed by atoms with Crippen LogP contribution in [0.3, 0.4) is 0 Å². The second kappa shape index (κ2) is 8.12. The van der Waals surface area contributed by atoms with Crippen molar-refractivity contribution < 1.29 is 9.18 Å². The number of hydrogen-bond acceptors (Lipinski definition) is 5. The third kappa shape index (κ3) is 3.98. The van der Waals surface area contributed by atoms with Gasteiger partial charge in [0.15, 0.2) is 5.82 Å². The standard InChI is InChI=1S/C21H20FN5O/c22-17-6-2-1-5-16(17)15-21(28)27-13-11-26(12-14-27)20-9-8-19(24-25-20)18-7-3-4-10-23-18/h1-10H,11-15H2. The van der Waals surface area contributed by atoms with E-state index >= 15 is 0 Å². The van der Waals surface area contributed by atoms with Crippen molar-refractivity contribution in [2.45, 2.75) is 6.42 Å². The van der Waals surface area contributed by atoms with Crippen LogP contribution in [-0.2, 0) is 11.2 Å². The molecule has 0 spiro atoms. The van der Waals surface area contributed by atoms with Gasteiger partial charge in [0, 0.05) is 32.4 Å². The van der Waals surface area contributed by atoms with E-state index in [1.54, 1.807) is 29.3 Å². The van der Waals surface area contributed by atoms with Crippen LogP contribution in [-0.4, -0.2) is 52.2 Å². The van der Waals surface area contributed by atoms with Gasteiger partial charge >= 0.3 is 0 Å². The molecule has 0 bridgehead atoms. The van der Waals surface area contributed by atoms with Crippen molar-refractivity contribution in [2.24, 2.45) is 0 Å². The molecule has 0 N–H and O–H groups in total. The first-order chi connectivity index (χ1) is 13.7. The van der Waals surface area contributed by atoms with Crippen molar-refractivity contribution in [3.8, 4) is 11.4 Å². The molecule has 0 saturated carbocycles. The van der Waals surface area contributed by atoms with Crippen LogP contribution in [0.1, 0.15) is 5.56 Å². The highest BCUT2D eigenvalue weighted by molar-refractivity contribution is 5.79. The van der Waals surface area contributed by atoms with Gasteiger partial charge in [-0.3, -0.25) is 9.78 Å². The SMILES string of the molecule is O=C(Cc1ccccc1F)N1CCN(c2ccc(-c3ccccn3)nn2)CC1. The van der Waals surface area contributed by atoms with Gasteiger partial charge < -0.3 is 9.80 Å². The van der Waals surface area contributed by atoms with Crippen LogP contribution in [0.25, 0.3) is 11.4 Å². The van der Waals surface area contributed by atoms with Crippen LogP contribution >= 0.6 is 0 Å². The van der Waals surface area contributed by atoms with E-state index in [1.807, 2.05) is 30.3 Å². The van der Waals surface area contributed by atoms with Gasteiger partial charge in [0.05, 0.1) is 12.1 Å². The number of aromatic nitrogens is 3. The monoisotopic (exact) mass is 377 g/mol. The molecule has 1 amide bonds. The van der Waals surface area contributed by atoms with Crippen molar-refractivity contribution in [3.63, 3.8) is 0 Å². The van der Waals surface area contributed by atoms with Crippen molar-refractivity contribution in [3.05, 3.63) is 72.2 Å². The lowest BCUT2D eigenvalue weighted by Crippen LogP contribution is -2.49. The Morgan fingerprint density at radius 1 is 0.893 bits per heavy atom. The molecule has 1 aromatic carbocycles. The van der Waals surface area contributed by atoms with E-state index in [9.17, 15) is 9.18 Å². The minimum absolute atomic E-state index is 0.0543. The molecule has 28 heavy (non-hydrogen) atoms. The molecule has 7 heteroatoms. The summed E-state index contributed by atoms with van der Waals surface area (Å²) in [5.74, 6) is 0.389. The Morgan fingerprint density at radius 2 is 1.68 bits per heavy atom. The minimum Gasteiger partial charge on any atom is -0.352 e. The number of nitrogens with zero attached hydrogens (tertiary/aromatic N) is 5. The largest absolute Gasteiger partial charge is 0.352 e. The molecule has 142 valence electrons. The highest BCUT2D eigenvalue weighted by Gasteiger charge is 2.23. The molecular weight excluding hydrogens is 357 g/mol. The molecule has 1 fully saturated rings. The maximum Gasteiger partial charge on any atom is 0.227 e. The lowest BCUT2D eigenvalue weighted by Gasteiger charge is -2.35. The van der Waals surface area contributed by atoms with E-state index in [0.29, 0.717) is 31.7 Å². The number of pyridine rings is 1. The molecule has 0 unspecified atom stereocenters. The van der Waals surface area contributed by atoms with Crippen LogP contribution in [0, 0.1) is 5.82 Å². The summed E-state index contributed by atoms with van der Waals surface area (Å²) in [6.07, 6.45) is 1.81. The highest BCUT2D eigenvalue weighted by Crippen LogP contribution is 2.18. The zero-order chi connectivity index (χ0) is 19.3. The molecule has 4 rings (SSSR count). The van der Waals surface area contributed by atoms with E-state index in [-0.39, 0.29) is 18.1 Å². The fraction of sp³-hybridized carbons (Fsp3) is 0.238. The van der Waals surface area contributed by atoms with Crippen molar-refractivity contribution in [2.75, 3.05) is 31.1 Å². The first kappa shape index (κ1) is 18.0. The summed E-state index contributed by atoms with van der Waals surface area (Å²) in [4.78, 5) is 20.6. The normalized spacial score (nSPS) is 14.2. The van der Waals surface area contributed by atoms with E-state index in [1.165, 1.54) is 6.07 Å². The molecular formula is C21H20FN5O. The van der Waals surface area contributed by atoms with Gasteiger partial charge in [-0.1, -0.05) is 24.3 Å². The number of carbonyl (C=O) groups is 1. The lowest BCUT2D eigenvalue weighted by atomic mass is 10.1. The van der Waals surface area contributed by atoms with E-state index < -0.39 is 0 Å². The van der Waals surface area contributed by atoms with Crippen molar-refractivity contribution >= 4 is 11.7 Å². The molecule has 0 radical (unpaired) electrons. The van der Waals surface area contributed by atoms with Crippen molar-refractivity contribution in [1.82, 2.24) is 20.1 Å². The number of benzene rings is 1. The third-order valence-corrected chi connectivity index (χ3v) is 4.83. The summed E-state index contributed by atoms with van der Waals surface area (Å²) in [5.41, 5.74) is 1.94. The quantitative estimate of drug-likeness (QED) is 0.699. The van der Waals surface area contributed by atoms with Crippen LogP contribution in [0.4, 0.5) is 10.2 Å². The molecule has 1 saturated heterocycles. The van der Waals surface area contributed by atoms with Crippen LogP contribution in [0.15, 0.2) is 60.8 Å². The predicted octanol–water partition coefficient (Wildman–Crippen LogP) is 2.57. The van der Waals surface area contributed by atoms with Crippen LogP contribution in [0.2, 0.25) is 0 Å². The molecule has 0 aliphatic carbocycles. The average molecular weight is 377 g/mol. The summed E-state index contributed by atoms with van der Waals surface area (Å²) in [6, 6.07) is 15.9. The number of halogens is 1. The van der Waals surface area contributed by atoms with Gasteiger partial charge in [-0.15, -0.1) is 10.2 Å². The van der Waals surface area contributed by atoms with E-state index in [2.05, 4.69) is 20.1 Å². The van der Waals surface area contributed by atoms with Gasteiger partial charge in [0.1, 0.15) is 11.5 Å². The first-order valence-corrected chi connectivity index (χ1v) is 9.22. The molecule has 6 nitrogen and oxygen atoms in total. The molecule has 3 heterocycles. The Morgan fingerprint density at radius 3 is 2.36 bits per heavy atom. The maximum atomic E-state index is 13.8. The van der Waals surface area contributed by atoms with Gasteiger partial charge in [-0.05, 0) is 35.9 Å². The second-order valence-corrected chi connectivity index (χ2v) is 6.63. The summed E-state index contributed by atoms with van der Waals surface area (Å²) >= 11 is 0. The molecule has 0 atom stereocenters. The zero-order valence-electron chi connectivity index (χ0n) is 15.3. The molecule has 2 aromatic heterocycles. The predicted molar refractivity (Wildman–Crippen MR) is 104 cm³/mol. The van der Waals surface area contributed by atoms with E-state index in [4.69, 9.17) is 0 Å². The third-order valence-electron chi connectivity index (χ3n) is 4.83. The number of rotatable bonds is 4. The molecule has 1 aliphatic heterocycles. The lowest BCUT2D eigenvalue weighted by molar-refractivity contribution is -0.130. The number of amides is 1. The van der Waals surface area contributed by atoms with Gasteiger partial charge in [0.25, 0.3) is 0 Å². The zero-order valence-corrected chi connectivity index (χ0v) is 15.3. The smallest absolute Gasteiger partial charge is 0.227 e. The number of piperazine rings is 1. The topological polar surface area (TPSA) is 62.2 Å². The maximum absolute atomic E-state index is 13.8. The number of hydrogen-bond donors (Lipinski definition) is 0. The van der Waals surface area contributed by atoms with Crippen molar-refractivity contribution in [1.29, 1.82) is 0 Å². The number of anilines is 1. The minimum atomic E-state index is -0.335. The Kier molecular flexibility index (Phi) is 5.23. The second-order valence-electron chi connectivity index (χ2n) is 6.63. The summed E-state index contributed by atoms with van der Waals surface area (Å²) < 4.78 is 13.8. The summed E-state index contributed by atoms with van der Waals surface area (Å²) in [5, 5.41) is 8.58. The van der Waals surface area contributed by atoms with E-state index in [0.717, 1.165) is 17.2 Å². The Balaban J connectivity index is 1.35. The molecule has 1 aliphatic rings. The summed E-state index contributed by atoms with van der Waals surface area (Å²) in [6.45, 7) is 2.50. The summed E-state index contributed by atoms with van der Waals surface area (Å²) in [7, 11) is 0. The van der Waals surface area contributed by atoms with Gasteiger partial charge in [0.2, 0.25) is 5.91 Å². The Bertz CT molecular complexity index is 941. The Labute approximate surface area is 162 Å². The Hall–Kier alpha value is -3.35. The fourth-order valence-electron chi connectivity index (χ4n) is 3.25. The highest BCUT2D eigenvalue weighted by atomic mass is 19.1. The average Bonchev–Trinajstić information content (AvgIpc) is 2.76. The van der Waals surface area contributed by atoms with Crippen LogP contribution < -0.4 is 4.90 Å².